The zero-order valence-corrected chi connectivity index (χ0v) is 29.9. The van der Waals surface area contributed by atoms with Gasteiger partial charge in [-0.1, -0.05) is 73.1 Å². The molecule has 0 aromatic heterocycles. The molecule has 11 nitrogen and oxygen atoms in total. The third-order valence-electron chi connectivity index (χ3n) is 10.6. The number of phenolic OH excluding ortho intramolecular Hbond substituents is 1. The molecule has 1 amide bonds. The first-order valence-corrected chi connectivity index (χ1v) is 17.0. The molecule has 1 heterocycles. The van der Waals surface area contributed by atoms with Gasteiger partial charge in [0.25, 0.3) is 5.91 Å². The van der Waals surface area contributed by atoms with Gasteiger partial charge in [-0.15, -0.1) is 0 Å². The molecular formula is C38H52N2O9. The van der Waals surface area contributed by atoms with Gasteiger partial charge in [0.1, 0.15) is 22.9 Å². The average Bonchev–Trinajstić information content (AvgIpc) is 3.40. The van der Waals surface area contributed by atoms with Crippen LogP contribution in [0, 0.1) is 42.4 Å². The quantitative estimate of drug-likeness (QED) is 0.0861. The topological polar surface area (TPSA) is 196 Å². The van der Waals surface area contributed by atoms with Crippen LogP contribution in [0.15, 0.2) is 47.5 Å². The second-order valence-electron chi connectivity index (χ2n) is 13.8. The maximum absolute atomic E-state index is 13.6. The van der Waals surface area contributed by atoms with Crippen LogP contribution in [0.3, 0.4) is 0 Å². The van der Waals surface area contributed by atoms with Crippen LogP contribution >= 0.6 is 0 Å². The number of Topliss-reactive ketones (excluding diaryl/α,β-unsaturated/α-hetero) is 3. The first kappa shape index (κ1) is 39.2. The van der Waals surface area contributed by atoms with Crippen molar-refractivity contribution in [3.63, 3.8) is 0 Å². The number of hydrogen-bond donors (Lipinski definition) is 6. The summed E-state index contributed by atoms with van der Waals surface area (Å²) >= 11 is 0. The fraction of sp³-hybridized carbons (Fsp3) is 0.526. The van der Waals surface area contributed by atoms with Gasteiger partial charge in [-0.2, -0.15) is 0 Å². The monoisotopic (exact) mass is 680 g/mol. The Hall–Kier alpha value is -4.22. The molecule has 0 saturated carbocycles. The van der Waals surface area contributed by atoms with Gasteiger partial charge in [-0.05, 0) is 50.0 Å². The van der Waals surface area contributed by atoms with E-state index in [9.17, 15) is 34.5 Å². The second-order valence-corrected chi connectivity index (χ2v) is 13.8. The molecule has 7 N–H and O–H groups in total. The molecule has 1 aromatic rings. The molecule has 0 bridgehead atoms. The summed E-state index contributed by atoms with van der Waals surface area (Å²) in [4.78, 5) is 53.3. The Bertz CT molecular complexity index is 1600. The lowest BCUT2D eigenvalue weighted by Gasteiger charge is -2.36. The van der Waals surface area contributed by atoms with Gasteiger partial charge < -0.3 is 36.2 Å². The number of benzene rings is 1. The summed E-state index contributed by atoms with van der Waals surface area (Å²) in [5.41, 5.74) is 4.48. The fourth-order valence-corrected chi connectivity index (χ4v) is 6.61. The van der Waals surface area contributed by atoms with Crippen molar-refractivity contribution in [3.8, 4) is 11.5 Å². The van der Waals surface area contributed by atoms with Crippen molar-refractivity contribution < 1.29 is 44.3 Å². The molecular weight excluding hydrogens is 628 g/mol. The minimum Gasteiger partial charge on any atom is -0.516 e. The van der Waals surface area contributed by atoms with Crippen molar-refractivity contribution >= 4 is 23.3 Å². The zero-order valence-electron chi connectivity index (χ0n) is 29.9. The maximum atomic E-state index is 13.6. The number of ketones is 3. The highest BCUT2D eigenvalue weighted by molar-refractivity contribution is 6.32. The molecule has 0 fully saturated rings. The summed E-state index contributed by atoms with van der Waals surface area (Å²) in [7, 11) is 0. The van der Waals surface area contributed by atoms with E-state index in [1.54, 1.807) is 32.1 Å². The van der Waals surface area contributed by atoms with Gasteiger partial charge in [0.15, 0.2) is 6.10 Å². The number of amides is 1. The molecule has 49 heavy (non-hydrogen) atoms. The highest BCUT2D eigenvalue weighted by atomic mass is 16.5. The molecule has 1 aliphatic carbocycles. The van der Waals surface area contributed by atoms with Crippen LogP contribution in [-0.4, -0.2) is 62.0 Å². The van der Waals surface area contributed by atoms with Crippen LogP contribution in [0.1, 0.15) is 105 Å². The lowest BCUT2D eigenvalue weighted by molar-refractivity contribution is -0.116. The van der Waals surface area contributed by atoms with Crippen LogP contribution in [0.4, 0.5) is 0 Å². The third-order valence-corrected chi connectivity index (χ3v) is 10.6. The van der Waals surface area contributed by atoms with Crippen molar-refractivity contribution in [2.45, 2.75) is 93.5 Å². The van der Waals surface area contributed by atoms with E-state index >= 15 is 0 Å². The molecule has 2 aliphatic rings. The normalized spacial score (nSPS) is 21.6. The summed E-state index contributed by atoms with van der Waals surface area (Å²) in [5.74, 6) is -4.02. The van der Waals surface area contributed by atoms with Gasteiger partial charge in [0.2, 0.25) is 17.3 Å². The molecule has 1 aromatic carbocycles. The molecule has 3 rings (SSSR count). The van der Waals surface area contributed by atoms with Crippen LogP contribution in [0.5, 0.6) is 11.5 Å². The van der Waals surface area contributed by atoms with Gasteiger partial charge in [-0.3, -0.25) is 19.2 Å². The molecule has 0 unspecified atom stereocenters. The number of allylic oxidation sites excluding steroid dienone is 5. The van der Waals surface area contributed by atoms with E-state index in [-0.39, 0.29) is 51.7 Å². The summed E-state index contributed by atoms with van der Waals surface area (Å²) in [6.45, 7) is 16.5. The number of nitrogens with one attached hydrogen (secondary N) is 1. The highest BCUT2D eigenvalue weighted by Crippen LogP contribution is 2.46. The van der Waals surface area contributed by atoms with Crippen molar-refractivity contribution in [2.24, 2.45) is 41.2 Å². The van der Waals surface area contributed by atoms with E-state index in [0.29, 0.717) is 12.8 Å². The van der Waals surface area contributed by atoms with Crippen molar-refractivity contribution in [1.82, 2.24) is 5.32 Å². The molecule has 1 aliphatic heterocycles. The summed E-state index contributed by atoms with van der Waals surface area (Å²) in [5, 5.41) is 44.6. The van der Waals surface area contributed by atoms with E-state index < -0.39 is 76.1 Å². The summed E-state index contributed by atoms with van der Waals surface area (Å²) < 4.78 is 5.77. The lowest BCUT2D eigenvalue weighted by atomic mass is 9.72. The molecule has 268 valence electrons. The number of aromatic hydroxyl groups is 1. The minimum absolute atomic E-state index is 0.0511. The first-order chi connectivity index (χ1) is 22.9. The zero-order chi connectivity index (χ0) is 37.1. The van der Waals surface area contributed by atoms with E-state index in [4.69, 9.17) is 15.6 Å². The largest absolute Gasteiger partial charge is 0.516 e. The molecule has 11 heteroatoms. The number of fused-ring (bicyclic) bond motifs is 3. The smallest absolute Gasteiger partial charge is 0.251 e. The number of phenols is 1. The average molecular weight is 681 g/mol. The number of carbonyl (C=O) groups is 4. The van der Waals surface area contributed by atoms with Crippen LogP contribution in [0.2, 0.25) is 0 Å². The Morgan fingerprint density at radius 3 is 2.12 bits per heavy atom. The molecule has 0 radical (unpaired) electrons. The number of aliphatic hydroxyl groups excluding tert-OH is 3. The van der Waals surface area contributed by atoms with Gasteiger partial charge in [0.05, 0.1) is 35.2 Å². The number of ether oxygens (including phenoxy) is 1. The second kappa shape index (κ2) is 16.0. The van der Waals surface area contributed by atoms with Crippen LogP contribution in [-0.2, 0) is 4.79 Å². The number of nitrogens with two attached hydrogens (primary N) is 1. The van der Waals surface area contributed by atoms with E-state index in [2.05, 4.69) is 19.2 Å². The SMILES string of the molecule is CCC[C@H]1Oc2c(C)c(O)c3c(c2C1=O)C(=O)C(N)=C(NC(=O)/C(C)=C\C=C\[C@H](C)[C@H](O)[C@@H](C)[C@@H](O)[C@@H](C)[C@H](C)[C@H](C)[C@@H](C)/C=C/O)C3=O. The Balaban J connectivity index is 1.74. The predicted molar refractivity (Wildman–Crippen MR) is 186 cm³/mol. The standard InChI is InChI=1S/C38H52N2O9/c1-10-12-25-34(45)28-26-27(33(44)24(9)37(28)49-25)36(47)30(29(39)35(26)46)40-38(48)19(4)14-11-13-18(3)31(42)23(8)32(43)22(7)21(6)20(5)17(2)15-16-41/h11,13-18,20-23,25,31-32,41-44H,10,12,39H2,1-9H3,(H,40,48)/b13-11+,16-15+,19-14-/t17-,18-,20+,21+,22-,23+,25+,31-,32-/m0/s1. The van der Waals surface area contributed by atoms with Crippen molar-refractivity contribution in [2.75, 3.05) is 0 Å². The number of aliphatic hydroxyl groups is 3. The lowest BCUT2D eigenvalue weighted by Crippen LogP contribution is -2.40. The Labute approximate surface area is 288 Å². The Morgan fingerprint density at radius 2 is 1.53 bits per heavy atom. The van der Waals surface area contributed by atoms with Gasteiger partial charge in [-0.25, -0.2) is 0 Å². The minimum atomic E-state index is -0.902. The number of hydrogen-bond acceptors (Lipinski definition) is 10. The van der Waals surface area contributed by atoms with E-state index in [1.165, 1.54) is 19.9 Å². The van der Waals surface area contributed by atoms with Crippen molar-refractivity contribution in [1.29, 1.82) is 0 Å². The number of carbonyl (C=O) groups excluding carboxylic acids is 4. The first-order valence-electron chi connectivity index (χ1n) is 17.0. The maximum Gasteiger partial charge on any atom is 0.251 e. The van der Waals surface area contributed by atoms with E-state index in [1.807, 2.05) is 20.8 Å². The highest BCUT2D eigenvalue weighted by Gasteiger charge is 2.45. The number of rotatable bonds is 14. The molecule has 9 atom stereocenters. The van der Waals surface area contributed by atoms with E-state index in [0.717, 1.165) is 6.26 Å². The van der Waals surface area contributed by atoms with Gasteiger partial charge in [0, 0.05) is 23.0 Å². The summed E-state index contributed by atoms with van der Waals surface area (Å²) in [6, 6.07) is 0. The predicted octanol–water partition coefficient (Wildman–Crippen LogP) is 5.22. The molecule has 0 spiro atoms. The third kappa shape index (κ3) is 7.68. The van der Waals surface area contributed by atoms with Crippen molar-refractivity contribution in [3.05, 3.63) is 69.8 Å². The van der Waals surface area contributed by atoms with Gasteiger partial charge >= 0.3 is 0 Å². The molecule has 0 saturated heterocycles. The van der Waals surface area contributed by atoms with Crippen LogP contribution < -0.4 is 15.8 Å². The van der Waals surface area contributed by atoms with Crippen LogP contribution in [0.25, 0.3) is 0 Å². The Morgan fingerprint density at radius 1 is 0.898 bits per heavy atom. The Kier molecular flexibility index (Phi) is 12.8. The summed E-state index contributed by atoms with van der Waals surface area (Å²) in [6.07, 6.45) is 6.00. The fourth-order valence-electron chi connectivity index (χ4n) is 6.61.